The van der Waals surface area contributed by atoms with E-state index >= 15 is 0 Å². The summed E-state index contributed by atoms with van der Waals surface area (Å²) in [6, 6.07) is 0. The van der Waals surface area contributed by atoms with Crippen LogP contribution in [-0.2, 0) is 0 Å². The Morgan fingerprint density at radius 3 is 1.36 bits per heavy atom. The predicted octanol–water partition coefficient (Wildman–Crippen LogP) is 5.94. The van der Waals surface area contributed by atoms with E-state index < -0.39 is 39.7 Å². The van der Waals surface area contributed by atoms with Crippen molar-refractivity contribution in [2.45, 2.75) is 54.1 Å². The van der Waals surface area contributed by atoms with Crippen LogP contribution >= 0.6 is 22.6 Å². The molecule has 0 heterocycles. The highest BCUT2D eigenvalue weighted by molar-refractivity contribution is 14.1. The molecule has 0 N–H and O–H groups in total. The Morgan fingerprint density at radius 2 is 1.09 bits per heavy atom. The maximum Gasteiger partial charge on any atom is 0.460 e. The van der Waals surface area contributed by atoms with Crippen LogP contribution in [-0.4, -0.2) is 33.8 Å². The van der Waals surface area contributed by atoms with Gasteiger partial charge in [-0.05, 0) is 6.42 Å². The Morgan fingerprint density at radius 1 is 0.727 bits per heavy atom. The van der Waals surface area contributed by atoms with Gasteiger partial charge in [0.15, 0.2) is 0 Å². The summed E-state index contributed by atoms with van der Waals surface area (Å²) in [6.45, 7) is 1.60. The molecule has 134 valence electrons. The van der Waals surface area contributed by atoms with Crippen LogP contribution < -0.4 is 0 Å². The van der Waals surface area contributed by atoms with Gasteiger partial charge in [0.25, 0.3) is 0 Å². The first kappa shape index (κ1) is 22.0. The first-order chi connectivity index (χ1) is 9.39. The zero-order chi connectivity index (χ0) is 18.4. The van der Waals surface area contributed by atoms with Crippen molar-refractivity contribution in [3.63, 3.8) is 0 Å². The van der Waals surface area contributed by atoms with E-state index in [1.165, 1.54) is 29.5 Å². The third-order valence-corrected chi connectivity index (χ3v) is 5.03. The fraction of sp³-hybridized carbons (Fsp3) is 1.00. The van der Waals surface area contributed by atoms with Gasteiger partial charge in [-0.3, -0.25) is 0 Å². The lowest BCUT2D eigenvalue weighted by Gasteiger charge is -2.40. The molecule has 0 radical (unpaired) electrons. The Balaban J connectivity index is 6.00. The second-order valence-electron chi connectivity index (χ2n) is 4.56. The summed E-state index contributed by atoms with van der Waals surface area (Å²) in [6.07, 6.45) is -7.33. The van der Waals surface area contributed by atoms with Gasteiger partial charge in [0.05, 0.1) is 0 Å². The van der Waals surface area contributed by atoms with Crippen molar-refractivity contribution in [2.24, 2.45) is 5.92 Å². The number of hydrogen-bond acceptors (Lipinski definition) is 0. The van der Waals surface area contributed by atoms with E-state index in [9.17, 15) is 48.3 Å². The summed E-state index contributed by atoms with van der Waals surface area (Å²) in [7, 11) is 0. The number of hydrogen-bond donors (Lipinski definition) is 0. The van der Waals surface area contributed by atoms with Crippen LogP contribution in [0.25, 0.3) is 0 Å². The Kier molecular flexibility index (Phi) is 6.10. The predicted molar refractivity (Wildman–Crippen MR) is 63.1 cm³/mol. The molecule has 0 spiro atoms. The largest absolute Gasteiger partial charge is 0.460 e. The van der Waals surface area contributed by atoms with Gasteiger partial charge < -0.3 is 0 Å². The van der Waals surface area contributed by atoms with Crippen molar-refractivity contribution in [3.05, 3.63) is 0 Å². The van der Waals surface area contributed by atoms with Crippen LogP contribution in [0.1, 0.15) is 20.3 Å². The molecule has 0 aromatic carbocycles. The molecule has 0 aromatic rings. The molecule has 22 heavy (non-hydrogen) atoms. The van der Waals surface area contributed by atoms with Crippen molar-refractivity contribution < 1.29 is 48.3 Å². The van der Waals surface area contributed by atoms with E-state index in [1.807, 2.05) is 0 Å². The summed E-state index contributed by atoms with van der Waals surface area (Å²) in [5.41, 5.74) is 0. The monoisotopic (exact) mass is 466 g/mol. The van der Waals surface area contributed by atoms with Gasteiger partial charge in [0.2, 0.25) is 0 Å². The Labute approximate surface area is 131 Å². The molecule has 12 heteroatoms. The second kappa shape index (κ2) is 6.11. The highest BCUT2D eigenvalue weighted by Crippen LogP contribution is 2.59. The minimum absolute atomic E-state index is 0.214. The SMILES string of the molecule is CCC(I)C(C)C(F)(F)C(F)(F)C(F)(F)C(F)(F)C(F)(F)F. The third kappa shape index (κ3) is 3.12. The van der Waals surface area contributed by atoms with Crippen molar-refractivity contribution in [1.29, 1.82) is 0 Å². The maximum atomic E-state index is 13.5. The topological polar surface area (TPSA) is 0 Å². The highest BCUT2D eigenvalue weighted by atomic mass is 127. The van der Waals surface area contributed by atoms with Gasteiger partial charge in [0.1, 0.15) is 0 Å². The summed E-state index contributed by atoms with van der Waals surface area (Å²) in [4.78, 5) is 0. The van der Waals surface area contributed by atoms with Crippen molar-refractivity contribution in [2.75, 3.05) is 0 Å². The standard InChI is InChI=1S/C10H10F11I/c1-3-5(22)4(2)6(11,12)7(13,14)8(15,16)9(17,18)10(19,20)21/h4-5H,3H2,1-2H3. The molecule has 0 aromatic heterocycles. The van der Waals surface area contributed by atoms with Gasteiger partial charge in [-0.2, -0.15) is 48.3 Å². The van der Waals surface area contributed by atoms with Crippen molar-refractivity contribution in [1.82, 2.24) is 0 Å². The van der Waals surface area contributed by atoms with Crippen LogP contribution in [0.4, 0.5) is 48.3 Å². The molecule has 2 unspecified atom stereocenters. The molecule has 2 atom stereocenters. The molecule has 0 aliphatic carbocycles. The van der Waals surface area contributed by atoms with E-state index in [4.69, 9.17) is 0 Å². The number of alkyl halides is 12. The minimum Gasteiger partial charge on any atom is -0.199 e. The van der Waals surface area contributed by atoms with Crippen LogP contribution in [0.15, 0.2) is 0 Å². The summed E-state index contributed by atoms with van der Waals surface area (Å²) >= 11 is 1.19. The van der Waals surface area contributed by atoms with Gasteiger partial charge in [-0.1, -0.05) is 36.4 Å². The summed E-state index contributed by atoms with van der Waals surface area (Å²) < 4.78 is 139. The first-order valence-corrected chi connectivity index (χ1v) is 6.86. The molecule has 0 saturated heterocycles. The molecule has 0 saturated carbocycles. The lowest BCUT2D eigenvalue weighted by molar-refractivity contribution is -0.426. The van der Waals surface area contributed by atoms with Crippen LogP contribution in [0.3, 0.4) is 0 Å². The number of rotatable bonds is 6. The molecule has 0 aliphatic heterocycles. The molecule has 0 bridgehead atoms. The lowest BCUT2D eigenvalue weighted by Crippen LogP contribution is -2.68. The average Bonchev–Trinajstić information content (AvgIpc) is 2.34. The van der Waals surface area contributed by atoms with E-state index in [0.717, 1.165) is 0 Å². The second-order valence-corrected chi connectivity index (χ2v) is 6.16. The van der Waals surface area contributed by atoms with E-state index in [0.29, 0.717) is 6.92 Å². The zero-order valence-corrected chi connectivity index (χ0v) is 13.1. The van der Waals surface area contributed by atoms with Crippen LogP contribution in [0.5, 0.6) is 0 Å². The van der Waals surface area contributed by atoms with Crippen LogP contribution in [0.2, 0.25) is 0 Å². The van der Waals surface area contributed by atoms with Gasteiger partial charge >= 0.3 is 29.9 Å². The fourth-order valence-corrected chi connectivity index (χ4v) is 1.90. The number of halogens is 12. The van der Waals surface area contributed by atoms with Crippen LogP contribution in [0, 0.1) is 5.92 Å². The molecule has 0 aliphatic rings. The average molecular weight is 466 g/mol. The summed E-state index contributed by atoms with van der Waals surface area (Å²) in [5.74, 6) is -29.9. The highest BCUT2D eigenvalue weighted by Gasteiger charge is 2.87. The zero-order valence-electron chi connectivity index (χ0n) is 10.9. The summed E-state index contributed by atoms with van der Waals surface area (Å²) in [5, 5.41) is 0. The molecule has 0 amide bonds. The third-order valence-electron chi connectivity index (χ3n) is 3.07. The molecular weight excluding hydrogens is 456 g/mol. The van der Waals surface area contributed by atoms with E-state index in [-0.39, 0.29) is 6.42 Å². The first-order valence-electron chi connectivity index (χ1n) is 5.61. The van der Waals surface area contributed by atoms with Crippen molar-refractivity contribution >= 4 is 22.6 Å². The molecule has 0 rings (SSSR count). The lowest BCUT2D eigenvalue weighted by atomic mass is 9.88. The minimum atomic E-state index is -7.32. The normalized spacial score (nSPS) is 18.3. The maximum absolute atomic E-state index is 13.5. The van der Waals surface area contributed by atoms with E-state index in [1.54, 1.807) is 0 Å². The fourth-order valence-electron chi connectivity index (χ4n) is 1.45. The van der Waals surface area contributed by atoms with Crippen molar-refractivity contribution in [3.8, 4) is 0 Å². The smallest absolute Gasteiger partial charge is 0.199 e. The quantitative estimate of drug-likeness (QED) is 0.259. The Bertz CT molecular complexity index is 387. The molecule has 0 nitrogen and oxygen atoms in total. The van der Waals surface area contributed by atoms with E-state index in [2.05, 4.69) is 0 Å². The van der Waals surface area contributed by atoms with Gasteiger partial charge in [-0.25, -0.2) is 0 Å². The molecule has 0 fully saturated rings. The Hall–Kier alpha value is -0.0400. The molecular formula is C10H10F11I. The van der Waals surface area contributed by atoms with Gasteiger partial charge in [0, 0.05) is 9.84 Å². The van der Waals surface area contributed by atoms with Gasteiger partial charge in [-0.15, -0.1) is 0 Å².